The molecule has 0 aliphatic rings. The van der Waals surface area contributed by atoms with Crippen LogP contribution in [-0.4, -0.2) is 11.3 Å². The number of pyridine rings is 1. The number of halogens is 4. The van der Waals surface area contributed by atoms with Gasteiger partial charge in [-0.05, 0) is 12.1 Å². The number of aromatic nitrogens is 1. The fraction of sp³-hybridized carbons (Fsp3) is 0. The first kappa shape index (κ1) is 13.3. The smallest absolute Gasteiger partial charge is 0.221 e. The molecule has 0 aliphatic carbocycles. The van der Waals surface area contributed by atoms with Gasteiger partial charge in [0.05, 0.1) is 15.1 Å². The summed E-state index contributed by atoms with van der Waals surface area (Å²) in [6.45, 7) is 0. The molecule has 0 atom stereocenters. The first-order chi connectivity index (χ1) is 8.56. The highest BCUT2D eigenvalue weighted by atomic mass is 35.5. The van der Waals surface area contributed by atoms with E-state index in [4.69, 9.17) is 34.8 Å². The fourth-order valence-electron chi connectivity index (χ4n) is 1.53. The Morgan fingerprint density at radius 3 is 2.50 bits per heavy atom. The molecular weight excluding hydrogens is 299 g/mol. The zero-order valence-corrected chi connectivity index (χ0v) is 11.0. The Labute approximate surface area is 117 Å². The molecule has 92 valence electrons. The second-order valence-electron chi connectivity index (χ2n) is 3.41. The quantitative estimate of drug-likeness (QED) is 0.459. The lowest BCUT2D eigenvalue weighted by molar-refractivity contribution is 0.112. The molecule has 0 amide bonds. The predicted molar refractivity (Wildman–Crippen MR) is 70.0 cm³/mol. The third kappa shape index (κ3) is 2.21. The number of carbonyl (C=O) groups excluding carboxylic acids is 1. The number of benzene rings is 1. The summed E-state index contributed by atoms with van der Waals surface area (Å²) in [5.74, 6) is -0.792. The number of carbonyl (C=O) groups is 1. The summed E-state index contributed by atoms with van der Waals surface area (Å²) in [4.78, 5) is 14.4. The Bertz CT molecular complexity index is 631. The van der Waals surface area contributed by atoms with Crippen molar-refractivity contribution in [2.45, 2.75) is 0 Å². The van der Waals surface area contributed by atoms with E-state index in [9.17, 15) is 9.18 Å². The van der Waals surface area contributed by atoms with Gasteiger partial charge in [-0.15, -0.1) is 0 Å². The number of hydrogen-bond donors (Lipinski definition) is 0. The number of nitrogens with zero attached hydrogens (tertiary/aromatic N) is 1. The monoisotopic (exact) mass is 303 g/mol. The zero-order chi connectivity index (χ0) is 13.3. The van der Waals surface area contributed by atoms with Gasteiger partial charge in [0, 0.05) is 22.9 Å². The van der Waals surface area contributed by atoms with Gasteiger partial charge in [0.15, 0.2) is 6.29 Å². The Balaban J connectivity index is 2.77. The summed E-state index contributed by atoms with van der Waals surface area (Å²) >= 11 is 17.7. The van der Waals surface area contributed by atoms with E-state index < -0.39 is 5.95 Å². The predicted octanol–water partition coefficient (Wildman–Crippen LogP) is 4.66. The second-order valence-corrected chi connectivity index (χ2v) is 4.57. The minimum Gasteiger partial charge on any atom is -0.298 e. The van der Waals surface area contributed by atoms with Crippen molar-refractivity contribution in [2.24, 2.45) is 0 Å². The third-order valence-corrected chi connectivity index (χ3v) is 3.66. The lowest BCUT2D eigenvalue weighted by Crippen LogP contribution is -1.96. The van der Waals surface area contributed by atoms with Crippen molar-refractivity contribution < 1.29 is 9.18 Å². The maximum Gasteiger partial charge on any atom is 0.221 e. The van der Waals surface area contributed by atoms with Crippen molar-refractivity contribution in [3.8, 4) is 11.1 Å². The Morgan fingerprint density at radius 1 is 1.11 bits per heavy atom. The van der Waals surface area contributed by atoms with Crippen LogP contribution in [0.25, 0.3) is 11.1 Å². The average Bonchev–Trinajstić information content (AvgIpc) is 2.37. The molecule has 1 aromatic heterocycles. The molecule has 0 aliphatic heterocycles. The van der Waals surface area contributed by atoms with Crippen LogP contribution < -0.4 is 0 Å². The Hall–Kier alpha value is -1.16. The Morgan fingerprint density at radius 2 is 1.83 bits per heavy atom. The lowest BCUT2D eigenvalue weighted by Gasteiger charge is -2.09. The summed E-state index contributed by atoms with van der Waals surface area (Å²) in [7, 11) is 0. The molecule has 1 aromatic carbocycles. The molecule has 0 radical (unpaired) electrons. The van der Waals surface area contributed by atoms with Gasteiger partial charge < -0.3 is 0 Å². The highest BCUT2D eigenvalue weighted by Crippen LogP contribution is 2.39. The van der Waals surface area contributed by atoms with E-state index in [2.05, 4.69) is 4.98 Å². The number of hydrogen-bond acceptors (Lipinski definition) is 2. The van der Waals surface area contributed by atoms with Crippen LogP contribution in [0.4, 0.5) is 4.39 Å². The van der Waals surface area contributed by atoms with E-state index in [1.807, 2.05) is 0 Å². The minimum atomic E-state index is -0.792. The molecule has 2 aromatic rings. The summed E-state index contributed by atoms with van der Waals surface area (Å²) < 4.78 is 13.7. The van der Waals surface area contributed by atoms with Crippen molar-refractivity contribution in [2.75, 3.05) is 0 Å². The molecule has 0 fully saturated rings. The van der Waals surface area contributed by atoms with Crippen LogP contribution in [-0.2, 0) is 0 Å². The van der Waals surface area contributed by atoms with Crippen molar-refractivity contribution in [3.63, 3.8) is 0 Å². The second kappa shape index (κ2) is 5.22. The first-order valence-electron chi connectivity index (χ1n) is 4.79. The third-order valence-electron chi connectivity index (χ3n) is 2.37. The molecule has 2 nitrogen and oxygen atoms in total. The molecule has 2 rings (SSSR count). The van der Waals surface area contributed by atoms with Gasteiger partial charge >= 0.3 is 0 Å². The average molecular weight is 305 g/mol. The van der Waals surface area contributed by atoms with Crippen LogP contribution in [0.1, 0.15) is 10.4 Å². The lowest BCUT2D eigenvalue weighted by atomic mass is 10.0. The zero-order valence-electron chi connectivity index (χ0n) is 8.75. The van der Waals surface area contributed by atoms with Crippen molar-refractivity contribution in [1.29, 1.82) is 0 Å². The van der Waals surface area contributed by atoms with Gasteiger partial charge in [0.2, 0.25) is 5.95 Å². The maximum absolute atomic E-state index is 13.7. The fourth-order valence-corrected chi connectivity index (χ4v) is 2.16. The maximum atomic E-state index is 13.7. The van der Waals surface area contributed by atoms with Crippen molar-refractivity contribution >= 4 is 41.1 Å². The van der Waals surface area contributed by atoms with Crippen LogP contribution >= 0.6 is 34.8 Å². The molecule has 0 bridgehead atoms. The SMILES string of the molecule is O=Cc1ccnc(F)c1-c1ccc(Cl)c(Cl)c1Cl. The molecule has 18 heavy (non-hydrogen) atoms. The van der Waals surface area contributed by atoms with Crippen molar-refractivity contribution in [3.05, 3.63) is 51.0 Å². The van der Waals surface area contributed by atoms with Crippen LogP contribution in [0.5, 0.6) is 0 Å². The highest BCUT2D eigenvalue weighted by Gasteiger charge is 2.17. The summed E-state index contributed by atoms with van der Waals surface area (Å²) in [5, 5.41) is 0.442. The largest absolute Gasteiger partial charge is 0.298 e. The topological polar surface area (TPSA) is 30.0 Å². The highest BCUT2D eigenvalue weighted by molar-refractivity contribution is 6.49. The summed E-state index contributed by atoms with van der Waals surface area (Å²) in [6.07, 6.45) is 1.73. The summed E-state index contributed by atoms with van der Waals surface area (Å²) in [5.41, 5.74) is 0.428. The normalized spacial score (nSPS) is 10.4. The van der Waals surface area contributed by atoms with Crippen LogP contribution in [0.3, 0.4) is 0 Å². The molecule has 0 N–H and O–H groups in total. The van der Waals surface area contributed by atoms with E-state index >= 15 is 0 Å². The van der Waals surface area contributed by atoms with Gasteiger partial charge in [0.1, 0.15) is 0 Å². The van der Waals surface area contributed by atoms with Gasteiger partial charge in [0.25, 0.3) is 0 Å². The van der Waals surface area contributed by atoms with Crippen LogP contribution in [0.2, 0.25) is 15.1 Å². The number of rotatable bonds is 2. The number of aldehydes is 1. The van der Waals surface area contributed by atoms with Crippen molar-refractivity contribution in [1.82, 2.24) is 4.98 Å². The van der Waals surface area contributed by atoms with E-state index in [0.717, 1.165) is 0 Å². The minimum absolute atomic E-state index is 0.0102. The standard InChI is InChI=1S/C12H5Cl3FNO/c13-8-2-1-7(10(14)11(8)15)9-6(5-18)3-4-17-12(9)16/h1-5H. The van der Waals surface area contributed by atoms with E-state index in [1.54, 1.807) is 0 Å². The van der Waals surface area contributed by atoms with Gasteiger partial charge in [-0.3, -0.25) is 4.79 Å². The van der Waals surface area contributed by atoms with Crippen LogP contribution in [0.15, 0.2) is 24.4 Å². The Kier molecular flexibility index (Phi) is 3.85. The van der Waals surface area contributed by atoms with E-state index in [-0.39, 0.29) is 31.8 Å². The van der Waals surface area contributed by atoms with Gasteiger partial charge in [-0.25, -0.2) is 4.98 Å². The molecule has 6 heteroatoms. The van der Waals surface area contributed by atoms with Crippen LogP contribution in [0, 0.1) is 5.95 Å². The molecule has 0 saturated heterocycles. The molecular formula is C12H5Cl3FNO. The molecule has 0 unspecified atom stereocenters. The molecule has 0 spiro atoms. The van der Waals surface area contributed by atoms with E-state index in [1.165, 1.54) is 24.4 Å². The van der Waals surface area contributed by atoms with Gasteiger partial charge in [-0.2, -0.15) is 4.39 Å². The molecule has 1 heterocycles. The van der Waals surface area contributed by atoms with Gasteiger partial charge in [-0.1, -0.05) is 40.9 Å². The summed E-state index contributed by atoms with van der Waals surface area (Å²) in [6, 6.07) is 4.36. The first-order valence-corrected chi connectivity index (χ1v) is 5.93. The molecule has 0 saturated carbocycles. The van der Waals surface area contributed by atoms with E-state index in [0.29, 0.717) is 6.29 Å².